The molecule has 0 aliphatic heterocycles. The van der Waals surface area contributed by atoms with Crippen molar-refractivity contribution in [3.05, 3.63) is 62.8 Å². The highest BCUT2D eigenvalue weighted by Gasteiger charge is 2.07. The minimum Gasteiger partial charge on any atom is -0.269 e. The van der Waals surface area contributed by atoms with E-state index in [0.29, 0.717) is 16.2 Å². The van der Waals surface area contributed by atoms with Crippen molar-refractivity contribution in [2.75, 3.05) is 0 Å². The van der Waals surface area contributed by atoms with Gasteiger partial charge in [0, 0.05) is 22.8 Å². The van der Waals surface area contributed by atoms with Gasteiger partial charge in [0.15, 0.2) is 4.96 Å². The number of aromatic nitrogens is 3. The number of fused-ring (bicyclic) bond motifs is 1. The molecule has 0 spiro atoms. The Morgan fingerprint density at radius 3 is 2.85 bits per heavy atom. The molecule has 0 saturated carbocycles. The maximum absolute atomic E-state index is 12.2. The summed E-state index contributed by atoms with van der Waals surface area (Å²) in [5, 5.41) is 1.86. The largest absolute Gasteiger partial charge is 0.269 e. The Bertz CT molecular complexity index is 861. The van der Waals surface area contributed by atoms with Crippen LogP contribution in [0.3, 0.4) is 0 Å². The van der Waals surface area contributed by atoms with Crippen molar-refractivity contribution in [1.29, 1.82) is 0 Å². The van der Waals surface area contributed by atoms with Crippen LogP contribution in [0.5, 0.6) is 0 Å². The maximum atomic E-state index is 12.2. The van der Waals surface area contributed by atoms with Crippen LogP contribution in [-0.2, 0) is 0 Å². The Hall–Kier alpha value is -2.27. The molecule has 3 rings (SSSR count). The second kappa shape index (κ2) is 5.02. The Morgan fingerprint density at radius 1 is 1.20 bits per heavy atom. The first-order valence-corrected chi connectivity index (χ1v) is 7.11. The molecule has 0 bridgehead atoms. The molecule has 0 unspecified atom stereocenters. The molecule has 0 N–H and O–H groups in total. The van der Waals surface area contributed by atoms with Gasteiger partial charge >= 0.3 is 0 Å². The summed E-state index contributed by atoms with van der Waals surface area (Å²) in [5.74, 6) is 0. The lowest BCUT2D eigenvalue weighted by atomic mass is 10.2. The number of hydrogen-bond donors (Lipinski definition) is 0. The van der Waals surface area contributed by atoms with Crippen LogP contribution in [0.4, 0.5) is 0 Å². The van der Waals surface area contributed by atoms with E-state index in [0.717, 1.165) is 11.4 Å². The standard InChI is InChI=1S/C15H13N3OS/c1-10-4-3-5-12(16-10)6-7-13-11(2)14(19)18-8-9-20-15(18)17-13/h3-9H,1-2H3/b7-6+. The second-order valence-corrected chi connectivity index (χ2v) is 5.39. The zero-order valence-electron chi connectivity index (χ0n) is 11.2. The fourth-order valence-electron chi connectivity index (χ4n) is 1.97. The predicted octanol–water partition coefficient (Wildman–Crippen LogP) is 2.94. The zero-order chi connectivity index (χ0) is 14.1. The molecule has 20 heavy (non-hydrogen) atoms. The van der Waals surface area contributed by atoms with Gasteiger partial charge in [-0.05, 0) is 38.1 Å². The highest BCUT2D eigenvalue weighted by molar-refractivity contribution is 7.15. The molecule has 3 aromatic rings. The van der Waals surface area contributed by atoms with Crippen LogP contribution in [0.25, 0.3) is 17.1 Å². The van der Waals surface area contributed by atoms with E-state index in [1.54, 1.807) is 17.5 Å². The van der Waals surface area contributed by atoms with Crippen molar-refractivity contribution in [3.63, 3.8) is 0 Å². The smallest absolute Gasteiger partial charge is 0.262 e. The van der Waals surface area contributed by atoms with Gasteiger partial charge in [-0.1, -0.05) is 6.07 Å². The number of thiazole rings is 1. The first kappa shape index (κ1) is 12.7. The van der Waals surface area contributed by atoms with Gasteiger partial charge in [0.05, 0.1) is 11.4 Å². The molecule has 0 fully saturated rings. The Balaban J connectivity index is 2.06. The van der Waals surface area contributed by atoms with Gasteiger partial charge in [0.2, 0.25) is 0 Å². The molecule has 0 radical (unpaired) electrons. The summed E-state index contributed by atoms with van der Waals surface area (Å²) in [6.07, 6.45) is 5.47. The third-order valence-corrected chi connectivity index (χ3v) is 3.81. The average molecular weight is 283 g/mol. The summed E-state index contributed by atoms with van der Waals surface area (Å²) in [6.45, 7) is 3.74. The van der Waals surface area contributed by atoms with Gasteiger partial charge in [-0.3, -0.25) is 14.2 Å². The third kappa shape index (κ3) is 2.28. The number of aryl methyl sites for hydroxylation is 1. The minimum absolute atomic E-state index is 0.0203. The molecule has 0 aliphatic carbocycles. The fraction of sp³-hybridized carbons (Fsp3) is 0.133. The molecule has 3 aromatic heterocycles. The summed E-state index contributed by atoms with van der Waals surface area (Å²) in [5.41, 5.74) is 3.14. The van der Waals surface area contributed by atoms with Crippen LogP contribution in [0, 0.1) is 13.8 Å². The van der Waals surface area contributed by atoms with Crippen molar-refractivity contribution >= 4 is 28.4 Å². The van der Waals surface area contributed by atoms with E-state index < -0.39 is 0 Å². The van der Waals surface area contributed by atoms with Crippen molar-refractivity contribution in [2.24, 2.45) is 0 Å². The summed E-state index contributed by atoms with van der Waals surface area (Å²) < 4.78 is 1.57. The van der Waals surface area contributed by atoms with Gasteiger partial charge in [-0.15, -0.1) is 11.3 Å². The molecule has 0 atom stereocenters. The number of hydrogen-bond acceptors (Lipinski definition) is 4. The van der Waals surface area contributed by atoms with E-state index in [1.165, 1.54) is 11.3 Å². The lowest BCUT2D eigenvalue weighted by Crippen LogP contribution is -2.17. The molecular formula is C15H13N3OS. The highest BCUT2D eigenvalue weighted by Crippen LogP contribution is 2.12. The summed E-state index contributed by atoms with van der Waals surface area (Å²) in [6, 6.07) is 5.83. The molecule has 0 saturated heterocycles. The van der Waals surface area contributed by atoms with E-state index in [2.05, 4.69) is 9.97 Å². The highest BCUT2D eigenvalue weighted by atomic mass is 32.1. The number of rotatable bonds is 2. The van der Waals surface area contributed by atoms with Crippen LogP contribution < -0.4 is 5.56 Å². The van der Waals surface area contributed by atoms with Crippen LogP contribution in [0.1, 0.15) is 22.6 Å². The average Bonchev–Trinajstić information content (AvgIpc) is 2.90. The van der Waals surface area contributed by atoms with E-state index in [-0.39, 0.29) is 5.56 Å². The molecule has 0 aliphatic rings. The Kier molecular flexibility index (Phi) is 3.20. The van der Waals surface area contributed by atoms with Crippen LogP contribution in [-0.4, -0.2) is 14.4 Å². The lowest BCUT2D eigenvalue weighted by molar-refractivity contribution is 1.03. The van der Waals surface area contributed by atoms with E-state index in [4.69, 9.17) is 0 Å². The van der Waals surface area contributed by atoms with Crippen molar-refractivity contribution in [3.8, 4) is 0 Å². The summed E-state index contributed by atoms with van der Waals surface area (Å²) >= 11 is 1.45. The van der Waals surface area contributed by atoms with E-state index in [9.17, 15) is 4.79 Å². The second-order valence-electron chi connectivity index (χ2n) is 4.52. The van der Waals surface area contributed by atoms with Crippen molar-refractivity contribution in [2.45, 2.75) is 13.8 Å². The molecule has 4 nitrogen and oxygen atoms in total. The molecule has 3 heterocycles. The minimum atomic E-state index is -0.0203. The van der Waals surface area contributed by atoms with Crippen molar-refractivity contribution < 1.29 is 0 Å². The zero-order valence-corrected chi connectivity index (χ0v) is 12.0. The van der Waals surface area contributed by atoms with Gasteiger partial charge in [0.25, 0.3) is 5.56 Å². The monoisotopic (exact) mass is 283 g/mol. The maximum Gasteiger partial charge on any atom is 0.262 e. The summed E-state index contributed by atoms with van der Waals surface area (Å²) in [4.78, 5) is 21.8. The Labute approximate surface area is 120 Å². The normalized spacial score (nSPS) is 11.5. The molecule has 5 heteroatoms. The fourth-order valence-corrected chi connectivity index (χ4v) is 2.68. The topological polar surface area (TPSA) is 47.3 Å². The molecule has 0 aromatic carbocycles. The van der Waals surface area contributed by atoms with Crippen LogP contribution in [0.2, 0.25) is 0 Å². The Morgan fingerprint density at radius 2 is 2.05 bits per heavy atom. The van der Waals surface area contributed by atoms with Crippen LogP contribution in [0.15, 0.2) is 34.6 Å². The SMILES string of the molecule is Cc1cccc(/C=C/c2nc3sccn3c(=O)c2C)n1. The van der Waals surface area contributed by atoms with E-state index in [1.807, 2.05) is 42.7 Å². The molecular weight excluding hydrogens is 270 g/mol. The quantitative estimate of drug-likeness (QED) is 0.726. The molecule has 100 valence electrons. The summed E-state index contributed by atoms with van der Waals surface area (Å²) in [7, 11) is 0. The predicted molar refractivity (Wildman–Crippen MR) is 82.0 cm³/mol. The van der Waals surface area contributed by atoms with E-state index >= 15 is 0 Å². The number of pyridine rings is 1. The number of nitrogens with zero attached hydrogens (tertiary/aromatic N) is 3. The van der Waals surface area contributed by atoms with Crippen LogP contribution >= 0.6 is 11.3 Å². The van der Waals surface area contributed by atoms with Gasteiger partial charge in [-0.2, -0.15) is 0 Å². The first-order valence-electron chi connectivity index (χ1n) is 6.23. The van der Waals surface area contributed by atoms with Gasteiger partial charge in [-0.25, -0.2) is 4.98 Å². The lowest BCUT2D eigenvalue weighted by Gasteiger charge is -2.00. The first-order chi connectivity index (χ1) is 9.65. The third-order valence-electron chi connectivity index (χ3n) is 3.05. The van der Waals surface area contributed by atoms with Crippen molar-refractivity contribution in [1.82, 2.24) is 14.4 Å². The van der Waals surface area contributed by atoms with Gasteiger partial charge in [0.1, 0.15) is 0 Å². The molecule has 0 amide bonds. The van der Waals surface area contributed by atoms with Gasteiger partial charge < -0.3 is 0 Å².